The van der Waals surface area contributed by atoms with E-state index in [1.165, 1.54) is 41.5 Å². The Balaban J connectivity index is -0.0000000675. The maximum Gasteiger partial charge on any atom is 3.00 e. The minimum atomic E-state index is -0.187. The van der Waals surface area contributed by atoms with Crippen LogP contribution < -0.4 is 15.3 Å². The Hall–Kier alpha value is -1.31. The van der Waals surface area contributed by atoms with Gasteiger partial charge in [0.05, 0.1) is 0 Å². The molecular formula is C15H23O7Y. The SMILES string of the molecule is CC(=O)C=C(C)[O-].CC(=O)C=C(C)[O-].CC(=O)C=C(C)[O-].O.[Y+3]. The van der Waals surface area contributed by atoms with Crippen LogP contribution in [0.2, 0.25) is 0 Å². The molecular weight excluding hydrogens is 381 g/mol. The fraction of sp³-hybridized carbons (Fsp3) is 0.400. The van der Waals surface area contributed by atoms with E-state index in [1.807, 2.05) is 0 Å². The first-order valence-electron chi connectivity index (χ1n) is 5.96. The van der Waals surface area contributed by atoms with Crippen molar-refractivity contribution < 1.29 is 67.9 Å². The van der Waals surface area contributed by atoms with Crippen LogP contribution in [0.25, 0.3) is 0 Å². The number of rotatable bonds is 3. The Morgan fingerprint density at radius 2 is 0.696 bits per heavy atom. The average Bonchev–Trinajstić information content (AvgIpc) is 2.10. The smallest absolute Gasteiger partial charge is 0.876 e. The van der Waals surface area contributed by atoms with E-state index >= 15 is 0 Å². The molecule has 0 aliphatic carbocycles. The van der Waals surface area contributed by atoms with Gasteiger partial charge in [0.1, 0.15) is 0 Å². The third-order valence-corrected chi connectivity index (χ3v) is 1.22. The molecule has 0 saturated carbocycles. The second-order valence-corrected chi connectivity index (χ2v) is 4.10. The number of allylic oxidation sites excluding steroid dienone is 6. The minimum Gasteiger partial charge on any atom is -0.876 e. The van der Waals surface area contributed by atoms with Crippen LogP contribution in [0.1, 0.15) is 41.5 Å². The molecule has 0 atom stereocenters. The van der Waals surface area contributed by atoms with E-state index in [9.17, 15) is 29.7 Å². The predicted octanol–water partition coefficient (Wildman–Crippen LogP) is -1.31. The van der Waals surface area contributed by atoms with Crippen LogP contribution in [-0.2, 0) is 47.1 Å². The van der Waals surface area contributed by atoms with Crippen LogP contribution >= 0.6 is 0 Å². The fourth-order valence-corrected chi connectivity index (χ4v) is 0.859. The van der Waals surface area contributed by atoms with Gasteiger partial charge in [-0.25, -0.2) is 0 Å². The largest absolute Gasteiger partial charge is 3.00 e. The zero-order valence-corrected chi connectivity index (χ0v) is 17.1. The van der Waals surface area contributed by atoms with Gasteiger partial charge in [0.25, 0.3) is 0 Å². The number of carbonyl (C=O) groups excluding carboxylic acids is 3. The van der Waals surface area contributed by atoms with Crippen LogP contribution in [0.4, 0.5) is 0 Å². The molecule has 0 saturated heterocycles. The maximum absolute atomic E-state index is 9.98. The van der Waals surface area contributed by atoms with Crippen molar-refractivity contribution in [3.8, 4) is 0 Å². The summed E-state index contributed by atoms with van der Waals surface area (Å²) in [6.45, 7) is 8.09. The second kappa shape index (κ2) is 20.7. The first kappa shape index (κ1) is 33.3. The first-order chi connectivity index (χ1) is 9.38. The van der Waals surface area contributed by atoms with Gasteiger partial charge in [0.15, 0.2) is 17.3 Å². The number of carbonyl (C=O) groups is 3. The van der Waals surface area contributed by atoms with Gasteiger partial charge in [-0.2, -0.15) is 0 Å². The van der Waals surface area contributed by atoms with Gasteiger partial charge in [0.2, 0.25) is 0 Å². The van der Waals surface area contributed by atoms with Crippen LogP contribution in [0.3, 0.4) is 0 Å². The van der Waals surface area contributed by atoms with Crippen LogP contribution in [0.5, 0.6) is 0 Å². The van der Waals surface area contributed by atoms with Crippen molar-refractivity contribution in [3.63, 3.8) is 0 Å². The number of hydrogen-bond donors (Lipinski definition) is 0. The summed E-state index contributed by atoms with van der Waals surface area (Å²) in [4.78, 5) is 29.9. The monoisotopic (exact) mass is 404 g/mol. The van der Waals surface area contributed by atoms with E-state index in [2.05, 4.69) is 0 Å². The summed E-state index contributed by atoms with van der Waals surface area (Å²) in [7, 11) is 0. The average molecular weight is 404 g/mol. The van der Waals surface area contributed by atoms with E-state index in [4.69, 9.17) is 0 Å². The standard InChI is InChI=1S/3C5H8O2.H2O.Y/c3*1-4(6)3-5(2)7;;/h3*3,6H,1-2H3;1H2;/q;;;;+3/p-3. The summed E-state index contributed by atoms with van der Waals surface area (Å²) in [6.07, 6.45) is 3.17. The molecule has 0 aromatic heterocycles. The van der Waals surface area contributed by atoms with Gasteiger partial charge >= 0.3 is 32.7 Å². The van der Waals surface area contributed by atoms with E-state index in [1.54, 1.807) is 0 Å². The molecule has 0 bridgehead atoms. The molecule has 0 aliphatic heterocycles. The van der Waals surface area contributed by atoms with E-state index < -0.39 is 0 Å². The van der Waals surface area contributed by atoms with Gasteiger partial charge in [-0.05, 0) is 39.0 Å². The molecule has 2 N–H and O–H groups in total. The molecule has 0 heterocycles. The van der Waals surface area contributed by atoms with E-state index in [-0.39, 0.29) is 72.8 Å². The molecule has 0 aromatic rings. The van der Waals surface area contributed by atoms with Crippen molar-refractivity contribution in [1.82, 2.24) is 0 Å². The van der Waals surface area contributed by atoms with Crippen LogP contribution in [0.15, 0.2) is 35.5 Å². The predicted molar refractivity (Wildman–Crippen MR) is 76.9 cm³/mol. The molecule has 7 nitrogen and oxygen atoms in total. The van der Waals surface area contributed by atoms with Gasteiger partial charge in [-0.15, -0.1) is 17.3 Å². The third-order valence-electron chi connectivity index (χ3n) is 1.22. The quantitative estimate of drug-likeness (QED) is 0.421. The van der Waals surface area contributed by atoms with Gasteiger partial charge in [-0.3, -0.25) is 14.4 Å². The van der Waals surface area contributed by atoms with E-state index in [0.29, 0.717) is 0 Å². The molecule has 0 radical (unpaired) electrons. The van der Waals surface area contributed by atoms with Crippen molar-refractivity contribution in [1.29, 1.82) is 0 Å². The van der Waals surface area contributed by atoms with Crippen molar-refractivity contribution in [3.05, 3.63) is 35.5 Å². The van der Waals surface area contributed by atoms with E-state index in [0.717, 1.165) is 18.2 Å². The van der Waals surface area contributed by atoms with Crippen molar-refractivity contribution >= 4 is 17.3 Å². The molecule has 128 valence electrons. The molecule has 0 unspecified atom stereocenters. The Morgan fingerprint density at radius 1 is 0.565 bits per heavy atom. The van der Waals surface area contributed by atoms with Gasteiger partial charge in [-0.1, -0.05) is 20.8 Å². The number of ketones is 3. The summed E-state index contributed by atoms with van der Waals surface area (Å²) in [5.74, 6) is -1.12. The molecule has 23 heavy (non-hydrogen) atoms. The maximum atomic E-state index is 9.98. The van der Waals surface area contributed by atoms with Crippen LogP contribution in [-0.4, -0.2) is 22.8 Å². The molecule has 8 heteroatoms. The molecule has 0 fully saturated rings. The number of hydrogen-bond acceptors (Lipinski definition) is 6. The Bertz CT molecular complexity index is 370. The normalized spacial score (nSPS) is 10.4. The molecule has 0 amide bonds. The molecule has 0 rings (SSSR count). The molecule has 0 aliphatic rings. The first-order valence-corrected chi connectivity index (χ1v) is 5.96. The van der Waals surface area contributed by atoms with Crippen molar-refractivity contribution in [2.45, 2.75) is 41.5 Å². The zero-order chi connectivity index (χ0) is 17.6. The summed E-state index contributed by atoms with van der Waals surface area (Å²) in [6, 6.07) is 0. The van der Waals surface area contributed by atoms with Crippen LogP contribution in [0, 0.1) is 0 Å². The Kier molecular flexibility index (Phi) is 30.0. The van der Waals surface area contributed by atoms with Crippen molar-refractivity contribution in [2.75, 3.05) is 0 Å². The fourth-order valence-electron chi connectivity index (χ4n) is 0.859. The second-order valence-electron chi connectivity index (χ2n) is 4.10. The Labute approximate surface area is 162 Å². The minimum absolute atomic E-state index is 0. The van der Waals surface area contributed by atoms with Crippen molar-refractivity contribution in [2.24, 2.45) is 0 Å². The zero-order valence-electron chi connectivity index (χ0n) is 14.3. The summed E-state index contributed by atoms with van der Waals surface area (Å²) in [5.41, 5.74) is 0. The molecule has 0 aromatic carbocycles. The summed E-state index contributed by atoms with van der Waals surface area (Å²) < 4.78 is 0. The summed E-state index contributed by atoms with van der Waals surface area (Å²) in [5, 5.41) is 29.9. The topological polar surface area (TPSA) is 152 Å². The molecule has 0 spiro atoms. The van der Waals surface area contributed by atoms with Gasteiger partial charge < -0.3 is 20.8 Å². The van der Waals surface area contributed by atoms with Gasteiger partial charge in [0, 0.05) is 0 Å². The third kappa shape index (κ3) is 63.2. The Morgan fingerprint density at radius 3 is 0.696 bits per heavy atom. The summed E-state index contributed by atoms with van der Waals surface area (Å²) >= 11 is 0.